The van der Waals surface area contributed by atoms with Crippen LogP contribution in [0.4, 0.5) is 11.4 Å². The van der Waals surface area contributed by atoms with Crippen LogP contribution < -0.4 is 20.2 Å². The van der Waals surface area contributed by atoms with Crippen molar-refractivity contribution in [1.82, 2.24) is 34.3 Å². The third kappa shape index (κ3) is 6.49. The maximum absolute atomic E-state index is 12.8. The van der Waals surface area contributed by atoms with E-state index in [1.807, 2.05) is 43.3 Å². The molecule has 244 valence electrons. The lowest BCUT2D eigenvalue weighted by Gasteiger charge is -2.37. The van der Waals surface area contributed by atoms with Crippen LogP contribution in [-0.2, 0) is 21.8 Å². The molecule has 0 amide bonds. The first-order valence-corrected chi connectivity index (χ1v) is 16.1. The number of pyridine rings is 1. The van der Waals surface area contributed by atoms with Gasteiger partial charge in [-0.3, -0.25) is 4.98 Å². The number of nitrogens with zero attached hydrogens (tertiary/aromatic N) is 9. The van der Waals surface area contributed by atoms with Crippen molar-refractivity contribution < 1.29 is 14.2 Å². The molecule has 0 aliphatic carbocycles. The van der Waals surface area contributed by atoms with Crippen molar-refractivity contribution in [2.24, 2.45) is 0 Å². The predicted molar refractivity (Wildman–Crippen MR) is 176 cm³/mol. The molecule has 13 nitrogen and oxygen atoms in total. The second-order valence-electron chi connectivity index (χ2n) is 11.9. The molecule has 2 aromatic carbocycles. The molecule has 13 heteroatoms. The van der Waals surface area contributed by atoms with E-state index in [0.29, 0.717) is 19.8 Å². The number of anilines is 2. The van der Waals surface area contributed by atoms with E-state index >= 15 is 0 Å². The first-order valence-electron chi connectivity index (χ1n) is 16.1. The molecule has 2 aliphatic heterocycles. The Morgan fingerprint density at radius 3 is 2.19 bits per heavy atom. The molecule has 0 saturated carbocycles. The first-order chi connectivity index (χ1) is 23.0. The minimum absolute atomic E-state index is 0.0704. The topological polar surface area (TPSA) is 118 Å². The molecule has 7 rings (SSSR count). The van der Waals surface area contributed by atoms with Gasteiger partial charge >= 0.3 is 5.69 Å². The summed E-state index contributed by atoms with van der Waals surface area (Å²) in [5.74, 6) is -0.260. The van der Waals surface area contributed by atoms with Gasteiger partial charge in [-0.15, -0.1) is 0 Å². The van der Waals surface area contributed by atoms with Crippen LogP contribution in [0, 0.1) is 0 Å². The summed E-state index contributed by atoms with van der Waals surface area (Å²) < 4.78 is 21.9. The quantitative estimate of drug-likeness (QED) is 0.212. The summed E-state index contributed by atoms with van der Waals surface area (Å²) in [6.07, 6.45) is 8.92. The molecule has 3 atom stereocenters. The predicted octanol–water partition coefficient (Wildman–Crippen LogP) is 3.67. The largest absolute Gasteiger partial charge is 0.491 e. The molecule has 2 fully saturated rings. The number of ether oxygens (including phenoxy) is 3. The maximum Gasteiger partial charge on any atom is 0.350 e. The standard InChI is InChI=1S/C34H39N9O4/c1-3-26(2)43-33(44)41(25-38-43)30-8-6-28(7-9-30)39-17-19-40(20-18-39)29-10-12-31(13-11-29)45-22-32-23-46-34(47-32,24-42-36-15-16-37-42)27-5-4-14-35-21-27/h4-16,21,25-26,32H,3,17-20,22-24H2,1-2H3/t26?,32-,34-/m1/s1. The van der Waals surface area contributed by atoms with Gasteiger partial charge in [-0.2, -0.15) is 20.1 Å². The highest BCUT2D eigenvalue weighted by Crippen LogP contribution is 2.36. The number of aromatic nitrogens is 7. The third-order valence-electron chi connectivity index (χ3n) is 8.89. The highest BCUT2D eigenvalue weighted by Gasteiger charge is 2.45. The van der Waals surface area contributed by atoms with Crippen molar-refractivity contribution in [2.45, 2.75) is 44.7 Å². The van der Waals surface area contributed by atoms with Crippen LogP contribution in [0.3, 0.4) is 0 Å². The van der Waals surface area contributed by atoms with Crippen LogP contribution in [0.2, 0.25) is 0 Å². The SMILES string of the molecule is CCC(C)n1ncn(-c2ccc(N3CCN(c4ccc(OC[C@@H]5CO[C@@](Cn6nccn6)(c6cccnc6)O5)cc4)CC3)cc2)c1=O. The highest BCUT2D eigenvalue weighted by molar-refractivity contribution is 5.54. The fourth-order valence-corrected chi connectivity index (χ4v) is 6.03. The lowest BCUT2D eigenvalue weighted by Crippen LogP contribution is -2.46. The van der Waals surface area contributed by atoms with E-state index in [2.05, 4.69) is 61.3 Å². The highest BCUT2D eigenvalue weighted by atomic mass is 16.8. The molecular formula is C34H39N9O4. The molecule has 3 aromatic heterocycles. The van der Waals surface area contributed by atoms with E-state index in [1.54, 1.807) is 45.2 Å². The van der Waals surface area contributed by atoms with Gasteiger partial charge in [-0.1, -0.05) is 13.0 Å². The second kappa shape index (κ2) is 13.4. The Kier molecular flexibility index (Phi) is 8.72. The Hall–Kier alpha value is -5.01. The zero-order valence-corrected chi connectivity index (χ0v) is 26.6. The zero-order chi connectivity index (χ0) is 32.2. The average molecular weight is 638 g/mol. The molecule has 0 spiro atoms. The number of hydrogen-bond acceptors (Lipinski definition) is 10. The van der Waals surface area contributed by atoms with E-state index in [1.165, 1.54) is 0 Å². The lowest BCUT2D eigenvalue weighted by molar-refractivity contribution is -0.192. The van der Waals surface area contributed by atoms with Crippen molar-refractivity contribution in [3.05, 3.63) is 108 Å². The molecular weight excluding hydrogens is 598 g/mol. The van der Waals surface area contributed by atoms with Gasteiger partial charge in [0.2, 0.25) is 5.79 Å². The van der Waals surface area contributed by atoms with Gasteiger partial charge in [-0.05, 0) is 67.9 Å². The number of piperazine rings is 1. The van der Waals surface area contributed by atoms with Crippen molar-refractivity contribution in [2.75, 3.05) is 49.2 Å². The summed E-state index contributed by atoms with van der Waals surface area (Å²) in [5, 5.41) is 12.8. The summed E-state index contributed by atoms with van der Waals surface area (Å²) in [4.78, 5) is 23.4. The van der Waals surface area contributed by atoms with Crippen LogP contribution in [0.1, 0.15) is 31.9 Å². The number of benzene rings is 2. The summed E-state index contributed by atoms with van der Waals surface area (Å²) in [5.41, 5.74) is 3.82. The van der Waals surface area contributed by atoms with Gasteiger partial charge in [0.25, 0.3) is 0 Å². The van der Waals surface area contributed by atoms with E-state index in [9.17, 15) is 4.79 Å². The van der Waals surface area contributed by atoms with Gasteiger partial charge in [0.05, 0.1) is 30.7 Å². The Balaban J connectivity index is 0.913. The van der Waals surface area contributed by atoms with Crippen molar-refractivity contribution in [3.63, 3.8) is 0 Å². The fourth-order valence-electron chi connectivity index (χ4n) is 6.03. The van der Waals surface area contributed by atoms with E-state index < -0.39 is 5.79 Å². The van der Waals surface area contributed by atoms with E-state index in [4.69, 9.17) is 14.2 Å². The van der Waals surface area contributed by atoms with Crippen molar-refractivity contribution >= 4 is 11.4 Å². The Morgan fingerprint density at radius 2 is 1.55 bits per heavy atom. The summed E-state index contributed by atoms with van der Waals surface area (Å²) in [6, 6.07) is 20.2. The Labute approximate surface area is 272 Å². The number of rotatable bonds is 11. The van der Waals surface area contributed by atoms with Crippen LogP contribution in [0.15, 0.2) is 96.6 Å². The van der Waals surface area contributed by atoms with E-state index in [0.717, 1.165) is 61.0 Å². The van der Waals surface area contributed by atoms with Crippen LogP contribution >= 0.6 is 0 Å². The third-order valence-corrected chi connectivity index (χ3v) is 8.89. The summed E-state index contributed by atoms with van der Waals surface area (Å²) >= 11 is 0. The number of hydrogen-bond donors (Lipinski definition) is 0. The second-order valence-corrected chi connectivity index (χ2v) is 11.9. The minimum Gasteiger partial charge on any atom is -0.491 e. The Bertz CT molecular complexity index is 1780. The molecule has 1 unspecified atom stereocenters. The van der Waals surface area contributed by atoms with Gasteiger partial charge in [0, 0.05) is 55.5 Å². The monoisotopic (exact) mass is 637 g/mol. The lowest BCUT2D eigenvalue weighted by atomic mass is 10.1. The molecule has 5 heterocycles. The Morgan fingerprint density at radius 1 is 0.894 bits per heavy atom. The van der Waals surface area contributed by atoms with Crippen LogP contribution in [-0.4, -0.2) is 79.8 Å². The molecule has 5 aromatic rings. The zero-order valence-electron chi connectivity index (χ0n) is 26.6. The normalized spacial score (nSPS) is 20.4. The molecule has 2 aliphatic rings. The first kappa shape index (κ1) is 30.6. The molecule has 47 heavy (non-hydrogen) atoms. The summed E-state index contributed by atoms with van der Waals surface area (Å²) in [7, 11) is 0. The van der Waals surface area contributed by atoms with Crippen molar-refractivity contribution in [1.29, 1.82) is 0 Å². The molecule has 0 bridgehead atoms. The smallest absolute Gasteiger partial charge is 0.350 e. The van der Waals surface area contributed by atoms with Crippen molar-refractivity contribution in [3.8, 4) is 11.4 Å². The average Bonchev–Trinajstić information content (AvgIpc) is 3.89. The van der Waals surface area contributed by atoms with Gasteiger partial charge in [-0.25, -0.2) is 14.0 Å². The molecule has 0 radical (unpaired) electrons. The minimum atomic E-state index is -1.04. The van der Waals surface area contributed by atoms with Gasteiger partial charge in [0.1, 0.15) is 31.3 Å². The van der Waals surface area contributed by atoms with Crippen LogP contribution in [0.25, 0.3) is 5.69 Å². The molecule has 2 saturated heterocycles. The fraction of sp³-hybridized carbons (Fsp3) is 0.382. The van der Waals surface area contributed by atoms with E-state index in [-0.39, 0.29) is 17.8 Å². The summed E-state index contributed by atoms with van der Waals surface area (Å²) in [6.45, 7) is 8.68. The van der Waals surface area contributed by atoms with Gasteiger partial charge < -0.3 is 24.0 Å². The van der Waals surface area contributed by atoms with Crippen LogP contribution in [0.5, 0.6) is 5.75 Å². The molecule has 0 N–H and O–H groups in total. The van der Waals surface area contributed by atoms with Gasteiger partial charge in [0.15, 0.2) is 0 Å². The maximum atomic E-state index is 12.8.